The first-order chi connectivity index (χ1) is 12.9. The third kappa shape index (κ3) is 4.62. The summed E-state index contributed by atoms with van der Waals surface area (Å²) in [6.45, 7) is 6.33. The molecule has 0 unspecified atom stereocenters. The lowest BCUT2D eigenvalue weighted by Crippen LogP contribution is -2.31. The van der Waals surface area contributed by atoms with Gasteiger partial charge < -0.3 is 0 Å². The number of aryl methyl sites for hydroxylation is 3. The second-order valence-corrected chi connectivity index (χ2v) is 8.76. The van der Waals surface area contributed by atoms with E-state index in [2.05, 4.69) is 4.98 Å². The number of sulfonamides is 1. The first kappa shape index (κ1) is 19.3. The molecular weight excluding hydrogens is 356 g/mol. The Morgan fingerprint density at radius 3 is 2.30 bits per heavy atom. The second kappa shape index (κ2) is 8.03. The van der Waals surface area contributed by atoms with Gasteiger partial charge in [0.2, 0.25) is 10.0 Å². The molecule has 0 radical (unpaired) electrons. The van der Waals surface area contributed by atoms with Gasteiger partial charge in [-0.2, -0.15) is 4.31 Å². The van der Waals surface area contributed by atoms with Crippen LogP contribution in [0.1, 0.15) is 27.9 Å². The highest BCUT2D eigenvalue weighted by Crippen LogP contribution is 2.24. The molecule has 27 heavy (non-hydrogen) atoms. The third-order valence-corrected chi connectivity index (χ3v) is 6.41. The van der Waals surface area contributed by atoms with E-state index in [4.69, 9.17) is 0 Å². The van der Waals surface area contributed by atoms with Gasteiger partial charge in [0.1, 0.15) is 0 Å². The summed E-state index contributed by atoms with van der Waals surface area (Å²) in [4.78, 5) is 4.66. The van der Waals surface area contributed by atoms with Gasteiger partial charge >= 0.3 is 0 Å². The van der Waals surface area contributed by atoms with Crippen LogP contribution in [0.5, 0.6) is 0 Å². The Hall–Kier alpha value is -2.50. The monoisotopic (exact) mass is 380 g/mol. The minimum absolute atomic E-state index is 0.227. The van der Waals surface area contributed by atoms with Gasteiger partial charge in [-0.3, -0.25) is 4.98 Å². The van der Waals surface area contributed by atoms with Crippen LogP contribution >= 0.6 is 0 Å². The normalized spacial score (nSPS) is 11.7. The molecule has 0 atom stereocenters. The molecule has 5 heteroatoms. The van der Waals surface area contributed by atoms with Crippen LogP contribution in [0.15, 0.2) is 71.8 Å². The number of pyridine rings is 1. The molecule has 0 aliphatic rings. The fourth-order valence-electron chi connectivity index (χ4n) is 3.14. The lowest BCUT2D eigenvalue weighted by molar-refractivity contribution is 0.396. The highest BCUT2D eigenvalue weighted by Gasteiger charge is 2.27. The summed E-state index contributed by atoms with van der Waals surface area (Å²) in [6, 6.07) is 18.9. The molecule has 2 aromatic carbocycles. The van der Waals surface area contributed by atoms with Crippen molar-refractivity contribution in [2.75, 3.05) is 0 Å². The predicted molar refractivity (Wildman–Crippen MR) is 108 cm³/mol. The van der Waals surface area contributed by atoms with Crippen molar-refractivity contribution >= 4 is 10.0 Å². The smallest absolute Gasteiger partial charge is 0.243 e. The molecule has 140 valence electrons. The van der Waals surface area contributed by atoms with Crippen LogP contribution in [0.4, 0.5) is 0 Å². The summed E-state index contributed by atoms with van der Waals surface area (Å²) < 4.78 is 28.4. The van der Waals surface area contributed by atoms with E-state index in [0.717, 1.165) is 27.9 Å². The number of aromatic nitrogens is 1. The number of benzene rings is 2. The largest absolute Gasteiger partial charge is 0.260 e. The van der Waals surface area contributed by atoms with E-state index in [1.165, 1.54) is 4.31 Å². The topological polar surface area (TPSA) is 50.3 Å². The molecule has 0 aliphatic heterocycles. The highest BCUT2D eigenvalue weighted by molar-refractivity contribution is 7.89. The average molecular weight is 381 g/mol. The van der Waals surface area contributed by atoms with Crippen molar-refractivity contribution in [3.63, 3.8) is 0 Å². The first-order valence-electron chi connectivity index (χ1n) is 8.89. The summed E-state index contributed by atoms with van der Waals surface area (Å²) in [7, 11) is -3.66. The van der Waals surface area contributed by atoms with Gasteiger partial charge in [0.15, 0.2) is 0 Å². The fraction of sp³-hybridized carbons (Fsp3) is 0.227. The van der Waals surface area contributed by atoms with Crippen molar-refractivity contribution in [2.45, 2.75) is 38.8 Å². The van der Waals surface area contributed by atoms with Gasteiger partial charge in [0.05, 0.1) is 17.1 Å². The van der Waals surface area contributed by atoms with Crippen molar-refractivity contribution in [2.24, 2.45) is 0 Å². The number of rotatable bonds is 6. The van der Waals surface area contributed by atoms with Gasteiger partial charge in [-0.1, -0.05) is 53.6 Å². The lowest BCUT2D eigenvalue weighted by atomic mass is 10.1. The van der Waals surface area contributed by atoms with Gasteiger partial charge in [0.25, 0.3) is 0 Å². The van der Waals surface area contributed by atoms with E-state index in [9.17, 15) is 8.42 Å². The number of hydrogen-bond donors (Lipinski definition) is 0. The Morgan fingerprint density at radius 1 is 0.852 bits per heavy atom. The molecule has 3 aromatic rings. The maximum absolute atomic E-state index is 13.5. The first-order valence-corrected chi connectivity index (χ1v) is 10.3. The van der Waals surface area contributed by atoms with Crippen LogP contribution in [0.2, 0.25) is 0 Å². The molecule has 0 amide bonds. The molecule has 0 N–H and O–H groups in total. The molecule has 0 aliphatic carbocycles. The van der Waals surface area contributed by atoms with E-state index in [1.54, 1.807) is 12.3 Å². The van der Waals surface area contributed by atoms with Crippen LogP contribution in [-0.2, 0) is 23.1 Å². The zero-order valence-electron chi connectivity index (χ0n) is 15.9. The third-order valence-electron chi connectivity index (χ3n) is 4.45. The van der Waals surface area contributed by atoms with Gasteiger partial charge in [0, 0.05) is 12.7 Å². The summed E-state index contributed by atoms with van der Waals surface area (Å²) in [5.74, 6) is 0. The molecule has 0 spiro atoms. The van der Waals surface area contributed by atoms with Crippen LogP contribution in [0.3, 0.4) is 0 Å². The fourth-order valence-corrected chi connectivity index (χ4v) is 4.75. The Balaban J connectivity index is 2.02. The Labute approximate surface area is 161 Å². The second-order valence-electron chi connectivity index (χ2n) is 6.85. The molecule has 1 aromatic heterocycles. The van der Waals surface area contributed by atoms with Crippen molar-refractivity contribution < 1.29 is 8.42 Å². The molecule has 4 nitrogen and oxygen atoms in total. The average Bonchev–Trinajstić information content (AvgIpc) is 2.62. The number of hydrogen-bond acceptors (Lipinski definition) is 3. The van der Waals surface area contributed by atoms with Gasteiger partial charge in [-0.25, -0.2) is 8.42 Å². The van der Waals surface area contributed by atoms with Gasteiger partial charge in [-0.15, -0.1) is 0 Å². The summed E-state index contributed by atoms with van der Waals surface area (Å²) in [5.41, 5.74) is 4.58. The molecule has 0 fully saturated rings. The predicted octanol–water partition coefficient (Wildman–Crippen LogP) is 4.40. The van der Waals surface area contributed by atoms with Gasteiger partial charge in [-0.05, 0) is 50.1 Å². The Bertz CT molecular complexity index is 1030. The molecule has 0 saturated heterocycles. The number of nitrogens with zero attached hydrogens (tertiary/aromatic N) is 2. The minimum Gasteiger partial charge on any atom is -0.260 e. The van der Waals surface area contributed by atoms with E-state index in [0.29, 0.717) is 11.4 Å². The lowest BCUT2D eigenvalue weighted by Gasteiger charge is -2.23. The maximum Gasteiger partial charge on any atom is 0.243 e. The quantitative estimate of drug-likeness (QED) is 0.637. The minimum atomic E-state index is -3.66. The zero-order valence-corrected chi connectivity index (χ0v) is 16.7. The Morgan fingerprint density at radius 2 is 1.63 bits per heavy atom. The summed E-state index contributed by atoms with van der Waals surface area (Å²) in [5, 5.41) is 0. The molecule has 0 bridgehead atoms. The molecule has 3 rings (SSSR count). The van der Waals surface area contributed by atoms with Crippen molar-refractivity contribution in [3.05, 3.63) is 94.8 Å². The van der Waals surface area contributed by atoms with E-state index < -0.39 is 10.0 Å². The van der Waals surface area contributed by atoms with E-state index in [1.807, 2.05) is 75.4 Å². The standard InChI is InChI=1S/C22H24N2O2S/c1-17-7-6-8-20(14-17)15-24(16-21-9-4-5-12-23-21)27(25,26)22-11-10-18(2)13-19(22)3/h4-14H,15-16H2,1-3H3. The molecular formula is C22H24N2O2S. The van der Waals surface area contributed by atoms with Crippen LogP contribution in [-0.4, -0.2) is 17.7 Å². The Kier molecular flexibility index (Phi) is 5.73. The summed E-state index contributed by atoms with van der Waals surface area (Å²) in [6.07, 6.45) is 1.68. The summed E-state index contributed by atoms with van der Waals surface area (Å²) >= 11 is 0. The van der Waals surface area contributed by atoms with Crippen LogP contribution in [0, 0.1) is 20.8 Å². The van der Waals surface area contributed by atoms with Crippen molar-refractivity contribution in [1.29, 1.82) is 0 Å². The highest BCUT2D eigenvalue weighted by atomic mass is 32.2. The van der Waals surface area contributed by atoms with Crippen LogP contribution in [0.25, 0.3) is 0 Å². The van der Waals surface area contributed by atoms with Crippen molar-refractivity contribution in [1.82, 2.24) is 9.29 Å². The molecule has 0 saturated carbocycles. The van der Waals surface area contributed by atoms with E-state index >= 15 is 0 Å². The van der Waals surface area contributed by atoms with E-state index in [-0.39, 0.29) is 6.54 Å². The SMILES string of the molecule is Cc1cccc(CN(Cc2ccccn2)S(=O)(=O)c2ccc(C)cc2C)c1. The zero-order chi connectivity index (χ0) is 19.4. The molecule has 1 heterocycles. The van der Waals surface area contributed by atoms with Crippen molar-refractivity contribution in [3.8, 4) is 0 Å². The maximum atomic E-state index is 13.5. The van der Waals surface area contributed by atoms with Crippen LogP contribution < -0.4 is 0 Å².